The summed E-state index contributed by atoms with van der Waals surface area (Å²) in [5.41, 5.74) is 0.0497. The second kappa shape index (κ2) is 14.4. The number of carbonyl (C=O) groups is 3. The van der Waals surface area contributed by atoms with Gasteiger partial charge in [0.25, 0.3) is 5.91 Å². The number of hydrogen-bond acceptors (Lipinski definition) is 6. The van der Waals surface area contributed by atoms with Gasteiger partial charge in [-0.3, -0.25) is 9.59 Å². The van der Waals surface area contributed by atoms with Crippen LogP contribution in [0, 0.1) is 5.92 Å². The Morgan fingerprint density at radius 2 is 1.67 bits per heavy atom. The predicted molar refractivity (Wildman–Crippen MR) is 152 cm³/mol. The Balaban J connectivity index is 2.54. The number of phenolic OH excluding ortho intramolecular Hbond substituents is 1. The second-order valence-electron chi connectivity index (χ2n) is 10.6. The summed E-state index contributed by atoms with van der Waals surface area (Å²) in [6.45, 7) is 11.3. The fourth-order valence-electron chi connectivity index (χ4n) is 4.05. The number of unbranched alkanes of at least 4 members (excludes halogenated alkanes) is 1. The van der Waals surface area contributed by atoms with Crippen molar-refractivity contribution in [1.29, 1.82) is 0 Å². The van der Waals surface area contributed by atoms with Crippen LogP contribution in [0.1, 0.15) is 72.4 Å². The number of anilines is 1. The summed E-state index contributed by atoms with van der Waals surface area (Å²) in [7, 11) is 1.55. The first-order valence-electron chi connectivity index (χ1n) is 13.4. The molecule has 2 aromatic rings. The fraction of sp³-hybridized carbons (Fsp3) is 0.500. The minimum absolute atomic E-state index is 0.109. The van der Waals surface area contributed by atoms with E-state index in [1.165, 1.54) is 11.0 Å². The van der Waals surface area contributed by atoms with E-state index in [1.807, 2.05) is 20.8 Å². The van der Waals surface area contributed by atoms with Gasteiger partial charge >= 0.3 is 6.09 Å². The number of methoxy groups -OCH3 is 1. The summed E-state index contributed by atoms with van der Waals surface area (Å²) in [5.74, 6) is -0.645. The third-order valence-corrected chi connectivity index (χ3v) is 6.34. The Hall–Kier alpha value is -3.75. The molecule has 0 fully saturated rings. The molecule has 0 aliphatic rings. The zero-order chi connectivity index (χ0) is 29.2. The van der Waals surface area contributed by atoms with E-state index in [0.717, 1.165) is 6.42 Å². The summed E-state index contributed by atoms with van der Waals surface area (Å²) in [6.07, 6.45) is 1.28. The van der Waals surface area contributed by atoms with Gasteiger partial charge in [0.05, 0.1) is 7.11 Å². The van der Waals surface area contributed by atoms with E-state index in [4.69, 9.17) is 9.47 Å². The largest absolute Gasteiger partial charge is 0.508 e. The highest BCUT2D eigenvalue weighted by Crippen LogP contribution is 2.32. The van der Waals surface area contributed by atoms with Crippen LogP contribution >= 0.6 is 0 Å². The van der Waals surface area contributed by atoms with Crippen LogP contribution in [0.4, 0.5) is 10.5 Å². The second-order valence-corrected chi connectivity index (χ2v) is 10.6. The van der Waals surface area contributed by atoms with Crippen molar-refractivity contribution in [3.8, 4) is 11.5 Å². The van der Waals surface area contributed by atoms with Crippen LogP contribution in [-0.2, 0) is 14.3 Å². The third-order valence-electron chi connectivity index (χ3n) is 6.34. The van der Waals surface area contributed by atoms with Crippen molar-refractivity contribution in [2.24, 2.45) is 5.92 Å². The molecule has 0 aliphatic heterocycles. The maximum absolute atomic E-state index is 14.2. The molecular formula is C30H43N3O6. The minimum atomic E-state index is -1.15. The Kier molecular flexibility index (Phi) is 11.6. The van der Waals surface area contributed by atoms with Gasteiger partial charge in [-0.2, -0.15) is 0 Å². The van der Waals surface area contributed by atoms with Gasteiger partial charge in [-0.05, 0) is 63.4 Å². The number of carbonyl (C=O) groups excluding carboxylic acids is 3. The van der Waals surface area contributed by atoms with Crippen LogP contribution in [-0.4, -0.2) is 53.2 Å². The first kappa shape index (κ1) is 31.5. The molecule has 3 atom stereocenters. The third kappa shape index (κ3) is 9.19. The number of hydrogen-bond donors (Lipinski definition) is 3. The Morgan fingerprint density at radius 3 is 2.21 bits per heavy atom. The lowest BCUT2D eigenvalue weighted by Gasteiger charge is -2.36. The summed E-state index contributed by atoms with van der Waals surface area (Å²) in [6, 6.07) is 11.2. The molecule has 214 valence electrons. The lowest BCUT2D eigenvalue weighted by Crippen LogP contribution is -2.55. The number of phenols is 1. The van der Waals surface area contributed by atoms with Crippen molar-refractivity contribution in [2.75, 3.05) is 19.0 Å². The lowest BCUT2D eigenvalue weighted by molar-refractivity contribution is -0.142. The van der Waals surface area contributed by atoms with Gasteiger partial charge in [-0.1, -0.05) is 51.8 Å². The fourth-order valence-corrected chi connectivity index (χ4v) is 4.05. The number of amides is 3. The summed E-state index contributed by atoms with van der Waals surface area (Å²) < 4.78 is 10.6. The van der Waals surface area contributed by atoms with Gasteiger partial charge in [0.1, 0.15) is 29.2 Å². The maximum atomic E-state index is 14.2. The van der Waals surface area contributed by atoms with E-state index in [2.05, 4.69) is 10.6 Å². The minimum Gasteiger partial charge on any atom is -0.508 e. The molecule has 0 aromatic heterocycles. The SMILES string of the molecule is CCCCN(C(=O)C(NC(=O)OC(C)(C)C)C(C)CC)C(C(=O)Nc1ccc(OC)cc1)c1ccccc1O. The smallest absolute Gasteiger partial charge is 0.408 e. The average Bonchev–Trinajstić information content (AvgIpc) is 2.89. The number of alkyl carbamates (subject to hydrolysis) is 1. The summed E-state index contributed by atoms with van der Waals surface area (Å²) in [5, 5.41) is 16.4. The summed E-state index contributed by atoms with van der Waals surface area (Å²) in [4.78, 5) is 42.2. The molecule has 9 nitrogen and oxygen atoms in total. The van der Waals surface area contributed by atoms with Crippen LogP contribution in [0.3, 0.4) is 0 Å². The monoisotopic (exact) mass is 541 g/mol. The van der Waals surface area contributed by atoms with Gasteiger partial charge in [-0.25, -0.2) is 4.79 Å². The number of para-hydroxylation sites is 1. The molecule has 0 heterocycles. The normalized spacial score (nSPS) is 13.5. The molecule has 39 heavy (non-hydrogen) atoms. The zero-order valence-corrected chi connectivity index (χ0v) is 24.1. The van der Waals surface area contributed by atoms with Crippen molar-refractivity contribution in [3.63, 3.8) is 0 Å². The van der Waals surface area contributed by atoms with E-state index >= 15 is 0 Å². The van der Waals surface area contributed by atoms with Crippen LogP contribution in [0.5, 0.6) is 11.5 Å². The average molecular weight is 542 g/mol. The highest BCUT2D eigenvalue weighted by Gasteiger charge is 2.38. The maximum Gasteiger partial charge on any atom is 0.408 e. The number of ether oxygens (including phenoxy) is 2. The standard InChI is InChI=1S/C30H43N3O6/c1-8-10-19-33(28(36)25(20(3)9-2)32-29(37)39-30(4,5)6)26(23-13-11-12-14-24(23)34)27(35)31-21-15-17-22(38-7)18-16-21/h11-18,20,25-26,34H,8-10,19H2,1-7H3,(H,31,35)(H,32,37). The molecule has 0 aliphatic carbocycles. The van der Waals surface area contributed by atoms with Gasteiger partial charge in [0, 0.05) is 17.8 Å². The molecule has 3 unspecified atom stereocenters. The first-order chi connectivity index (χ1) is 18.4. The number of rotatable bonds is 12. The van der Waals surface area contributed by atoms with E-state index < -0.39 is 35.6 Å². The first-order valence-corrected chi connectivity index (χ1v) is 13.4. The van der Waals surface area contributed by atoms with Crippen molar-refractivity contribution in [3.05, 3.63) is 54.1 Å². The molecule has 0 saturated carbocycles. The molecule has 3 N–H and O–H groups in total. The van der Waals surface area contributed by atoms with Crippen molar-refractivity contribution in [1.82, 2.24) is 10.2 Å². The zero-order valence-electron chi connectivity index (χ0n) is 24.1. The highest BCUT2D eigenvalue weighted by atomic mass is 16.6. The Bertz CT molecular complexity index is 1100. The van der Waals surface area contributed by atoms with Gasteiger partial charge in [-0.15, -0.1) is 0 Å². The summed E-state index contributed by atoms with van der Waals surface area (Å²) >= 11 is 0. The number of nitrogens with one attached hydrogen (secondary N) is 2. The topological polar surface area (TPSA) is 117 Å². The van der Waals surface area contributed by atoms with Crippen molar-refractivity contribution < 1.29 is 29.0 Å². The van der Waals surface area contributed by atoms with Crippen LogP contribution < -0.4 is 15.4 Å². The predicted octanol–water partition coefficient (Wildman–Crippen LogP) is 5.65. The van der Waals surface area contributed by atoms with E-state index in [0.29, 0.717) is 24.3 Å². The molecule has 0 spiro atoms. The molecule has 0 saturated heterocycles. The van der Waals surface area contributed by atoms with E-state index in [1.54, 1.807) is 70.3 Å². The van der Waals surface area contributed by atoms with E-state index in [9.17, 15) is 19.5 Å². The van der Waals surface area contributed by atoms with Gasteiger partial charge in [0.2, 0.25) is 5.91 Å². The van der Waals surface area contributed by atoms with Crippen LogP contribution in [0.2, 0.25) is 0 Å². The van der Waals surface area contributed by atoms with Gasteiger partial charge in [0.15, 0.2) is 0 Å². The number of nitrogens with zero attached hydrogens (tertiary/aromatic N) is 1. The molecule has 2 aromatic carbocycles. The molecule has 9 heteroatoms. The van der Waals surface area contributed by atoms with Crippen LogP contribution in [0.25, 0.3) is 0 Å². The van der Waals surface area contributed by atoms with Crippen LogP contribution in [0.15, 0.2) is 48.5 Å². The molecule has 3 amide bonds. The van der Waals surface area contributed by atoms with Gasteiger partial charge < -0.3 is 30.1 Å². The molecule has 0 radical (unpaired) electrons. The highest BCUT2D eigenvalue weighted by molar-refractivity contribution is 5.99. The van der Waals surface area contributed by atoms with Crippen molar-refractivity contribution >= 4 is 23.6 Å². The Morgan fingerprint density at radius 1 is 1.03 bits per heavy atom. The quantitative estimate of drug-likeness (QED) is 0.320. The van der Waals surface area contributed by atoms with Crippen molar-refractivity contribution in [2.45, 2.75) is 78.5 Å². The van der Waals surface area contributed by atoms with E-state index in [-0.39, 0.29) is 23.8 Å². The molecule has 2 rings (SSSR count). The number of aromatic hydroxyl groups is 1. The molecular weight excluding hydrogens is 498 g/mol. The Labute approximate surface area is 231 Å². The molecule has 0 bridgehead atoms. The lowest BCUT2D eigenvalue weighted by atomic mass is 9.95. The number of benzene rings is 2.